The zero-order chi connectivity index (χ0) is 25.2. The summed E-state index contributed by atoms with van der Waals surface area (Å²) >= 11 is 0. The van der Waals surface area contributed by atoms with Crippen LogP contribution < -0.4 is 11.1 Å². The first-order valence-corrected chi connectivity index (χ1v) is 13.1. The lowest BCUT2D eigenvalue weighted by Gasteiger charge is -2.33. The minimum Gasteiger partial charge on any atom is -0.452 e. The van der Waals surface area contributed by atoms with E-state index in [4.69, 9.17) is 15.9 Å². The summed E-state index contributed by atoms with van der Waals surface area (Å²) in [5.74, 6) is -0.696. The summed E-state index contributed by atoms with van der Waals surface area (Å²) in [6, 6.07) is 6.60. The molecule has 35 heavy (non-hydrogen) atoms. The SMILES string of the molecule is CCCCCC(=O)OC(C(=O)N1CCC[C@@H]1C(=O)NCc1ccc(C(=N)N)cc1)C1CCCCC1. The van der Waals surface area contributed by atoms with Crippen molar-refractivity contribution >= 4 is 23.6 Å². The fraction of sp³-hybridized carbons (Fsp3) is 0.630. The topological polar surface area (TPSA) is 126 Å². The highest BCUT2D eigenvalue weighted by molar-refractivity contribution is 5.95. The number of likely N-dealkylation sites (tertiary alicyclic amines) is 1. The van der Waals surface area contributed by atoms with E-state index in [1.165, 1.54) is 0 Å². The zero-order valence-electron chi connectivity index (χ0n) is 20.9. The highest BCUT2D eigenvalue weighted by Crippen LogP contribution is 2.31. The van der Waals surface area contributed by atoms with Gasteiger partial charge in [-0.15, -0.1) is 0 Å². The van der Waals surface area contributed by atoms with Crippen molar-refractivity contribution in [2.24, 2.45) is 11.7 Å². The quantitative estimate of drug-likeness (QED) is 0.191. The van der Waals surface area contributed by atoms with Gasteiger partial charge in [-0.1, -0.05) is 63.3 Å². The van der Waals surface area contributed by atoms with Gasteiger partial charge in [0.05, 0.1) is 0 Å². The molecule has 1 aliphatic heterocycles. The number of nitrogen functional groups attached to an aromatic ring is 1. The van der Waals surface area contributed by atoms with Crippen LogP contribution in [-0.4, -0.2) is 47.2 Å². The fourth-order valence-electron chi connectivity index (χ4n) is 5.08. The lowest BCUT2D eigenvalue weighted by molar-refractivity contribution is -0.166. The first-order valence-electron chi connectivity index (χ1n) is 13.1. The van der Waals surface area contributed by atoms with Crippen molar-refractivity contribution < 1.29 is 19.1 Å². The molecule has 1 heterocycles. The standard InChI is InChI=1S/C27H40N4O4/c1-2-3-5-12-23(32)35-24(20-9-6-4-7-10-20)27(34)31-17-8-11-22(31)26(33)30-18-19-13-15-21(16-14-19)25(28)29/h13-16,20,22,24H,2-12,17-18H2,1H3,(H3,28,29)(H,30,33)/t22-,24?/m1/s1. The molecule has 3 rings (SSSR count). The van der Waals surface area contributed by atoms with Crippen molar-refractivity contribution in [3.63, 3.8) is 0 Å². The van der Waals surface area contributed by atoms with Gasteiger partial charge < -0.3 is 20.7 Å². The van der Waals surface area contributed by atoms with Crippen LogP contribution in [-0.2, 0) is 25.7 Å². The Labute approximate surface area is 208 Å². The molecular formula is C27H40N4O4. The van der Waals surface area contributed by atoms with Gasteiger partial charge in [0.1, 0.15) is 11.9 Å². The first kappa shape index (κ1) is 26.7. The third-order valence-corrected chi connectivity index (χ3v) is 7.13. The van der Waals surface area contributed by atoms with E-state index in [0.29, 0.717) is 31.5 Å². The van der Waals surface area contributed by atoms with Crippen molar-refractivity contribution in [2.75, 3.05) is 6.54 Å². The summed E-state index contributed by atoms with van der Waals surface area (Å²) in [6.07, 6.45) is 8.59. The fourth-order valence-corrected chi connectivity index (χ4v) is 5.08. The van der Waals surface area contributed by atoms with E-state index < -0.39 is 12.1 Å². The van der Waals surface area contributed by atoms with E-state index in [1.54, 1.807) is 17.0 Å². The number of amides is 2. The molecule has 1 aromatic rings. The number of esters is 1. The molecule has 8 nitrogen and oxygen atoms in total. The van der Waals surface area contributed by atoms with Crippen molar-refractivity contribution in [3.05, 3.63) is 35.4 Å². The molecule has 2 fully saturated rings. The van der Waals surface area contributed by atoms with E-state index in [0.717, 1.165) is 63.4 Å². The number of ether oxygens (including phenoxy) is 1. The Balaban J connectivity index is 1.63. The van der Waals surface area contributed by atoms with Crippen molar-refractivity contribution in [1.29, 1.82) is 5.41 Å². The smallest absolute Gasteiger partial charge is 0.306 e. The lowest BCUT2D eigenvalue weighted by atomic mass is 9.84. The first-order chi connectivity index (χ1) is 16.9. The van der Waals surface area contributed by atoms with Gasteiger partial charge in [0.2, 0.25) is 5.91 Å². The molecule has 4 N–H and O–H groups in total. The number of nitrogens with zero attached hydrogens (tertiary/aromatic N) is 1. The van der Waals surface area contributed by atoms with Gasteiger partial charge in [-0.05, 0) is 37.7 Å². The average molecular weight is 485 g/mol. The number of carbonyl (C=O) groups is 3. The van der Waals surface area contributed by atoms with E-state index in [2.05, 4.69) is 12.2 Å². The lowest BCUT2D eigenvalue weighted by Crippen LogP contribution is -2.51. The minimum atomic E-state index is -0.794. The van der Waals surface area contributed by atoms with E-state index in [1.807, 2.05) is 12.1 Å². The Morgan fingerprint density at radius 1 is 1.09 bits per heavy atom. The van der Waals surface area contributed by atoms with E-state index >= 15 is 0 Å². The second kappa shape index (κ2) is 13.3. The van der Waals surface area contributed by atoms with Gasteiger partial charge in [0, 0.05) is 31.0 Å². The Bertz CT molecular complexity index is 880. The molecule has 0 bridgehead atoms. The van der Waals surface area contributed by atoms with Crippen molar-refractivity contribution in [3.8, 4) is 0 Å². The van der Waals surface area contributed by atoms with E-state index in [-0.39, 0.29) is 29.5 Å². The summed E-state index contributed by atoms with van der Waals surface area (Å²) in [5.41, 5.74) is 7.02. The number of hydrogen-bond donors (Lipinski definition) is 3. The molecule has 0 radical (unpaired) electrons. The Hall–Kier alpha value is -2.90. The van der Waals surface area contributed by atoms with Crippen LogP contribution in [0.5, 0.6) is 0 Å². The van der Waals surface area contributed by atoms with Crippen LogP contribution in [0.3, 0.4) is 0 Å². The summed E-state index contributed by atoms with van der Waals surface area (Å²) in [6.45, 7) is 2.91. The third-order valence-electron chi connectivity index (χ3n) is 7.13. The molecule has 8 heteroatoms. The maximum atomic E-state index is 13.6. The number of carbonyl (C=O) groups excluding carboxylic acids is 3. The second-order valence-corrected chi connectivity index (χ2v) is 9.78. The number of hydrogen-bond acceptors (Lipinski definition) is 5. The highest BCUT2D eigenvalue weighted by Gasteiger charge is 2.41. The van der Waals surface area contributed by atoms with Crippen molar-refractivity contribution in [2.45, 2.75) is 96.2 Å². The normalized spacial score (nSPS) is 19.2. The van der Waals surface area contributed by atoms with Crippen LogP contribution in [0, 0.1) is 11.3 Å². The summed E-state index contributed by atoms with van der Waals surface area (Å²) in [7, 11) is 0. The number of nitrogens with two attached hydrogens (primary N) is 1. The maximum Gasteiger partial charge on any atom is 0.306 e. The summed E-state index contributed by atoms with van der Waals surface area (Å²) in [4.78, 5) is 40.8. The van der Waals surface area contributed by atoms with Crippen LogP contribution in [0.25, 0.3) is 0 Å². The molecule has 1 aromatic carbocycles. The van der Waals surface area contributed by atoms with E-state index in [9.17, 15) is 14.4 Å². The summed E-state index contributed by atoms with van der Waals surface area (Å²) < 4.78 is 5.81. The van der Waals surface area contributed by atoms with Crippen LogP contribution in [0.4, 0.5) is 0 Å². The van der Waals surface area contributed by atoms with Crippen LogP contribution >= 0.6 is 0 Å². The van der Waals surface area contributed by atoms with Crippen LogP contribution in [0.1, 0.15) is 88.7 Å². The monoisotopic (exact) mass is 484 g/mol. The molecule has 192 valence electrons. The minimum absolute atomic E-state index is 0.000667. The molecule has 2 amide bonds. The maximum absolute atomic E-state index is 13.6. The number of benzene rings is 1. The molecule has 1 unspecified atom stereocenters. The van der Waals surface area contributed by atoms with Crippen molar-refractivity contribution in [1.82, 2.24) is 10.2 Å². The summed E-state index contributed by atoms with van der Waals surface area (Å²) in [5, 5.41) is 10.4. The Morgan fingerprint density at radius 3 is 2.46 bits per heavy atom. The second-order valence-electron chi connectivity index (χ2n) is 9.78. The van der Waals surface area contributed by atoms with Gasteiger partial charge in [-0.3, -0.25) is 19.8 Å². The highest BCUT2D eigenvalue weighted by atomic mass is 16.5. The Kier molecular flexibility index (Phi) is 10.1. The number of nitrogens with one attached hydrogen (secondary N) is 2. The molecule has 2 atom stereocenters. The van der Waals surface area contributed by atoms with Gasteiger partial charge in [-0.2, -0.15) is 0 Å². The molecule has 1 saturated heterocycles. The molecule has 1 aliphatic carbocycles. The molecule has 0 aromatic heterocycles. The third kappa shape index (κ3) is 7.54. The van der Waals surface area contributed by atoms with Gasteiger partial charge in [0.25, 0.3) is 5.91 Å². The molecule has 2 aliphatic rings. The van der Waals surface area contributed by atoms with Gasteiger partial charge in [-0.25, -0.2) is 0 Å². The average Bonchev–Trinajstić information content (AvgIpc) is 3.36. The predicted octanol–water partition coefficient (Wildman–Crippen LogP) is 3.65. The number of unbranched alkanes of at least 4 members (excludes halogenated alkanes) is 2. The van der Waals surface area contributed by atoms with Gasteiger partial charge >= 0.3 is 5.97 Å². The number of amidine groups is 1. The number of rotatable bonds is 11. The molecule has 0 spiro atoms. The van der Waals surface area contributed by atoms with Crippen LogP contribution in [0.15, 0.2) is 24.3 Å². The Morgan fingerprint density at radius 2 is 1.80 bits per heavy atom. The van der Waals surface area contributed by atoms with Crippen LogP contribution in [0.2, 0.25) is 0 Å². The molecular weight excluding hydrogens is 444 g/mol. The predicted molar refractivity (Wildman–Crippen MR) is 135 cm³/mol. The molecule has 1 saturated carbocycles. The van der Waals surface area contributed by atoms with Gasteiger partial charge in [0.15, 0.2) is 6.10 Å². The zero-order valence-corrected chi connectivity index (χ0v) is 20.9. The largest absolute Gasteiger partial charge is 0.452 e.